The molecule has 1 aliphatic rings. The van der Waals surface area contributed by atoms with Gasteiger partial charge < -0.3 is 10.2 Å². The van der Waals surface area contributed by atoms with Crippen LogP contribution >= 0.6 is 11.6 Å². The molecule has 20 heavy (non-hydrogen) atoms. The highest BCUT2D eigenvalue weighted by Crippen LogP contribution is 2.22. The Kier molecular flexibility index (Phi) is 5.44. The van der Waals surface area contributed by atoms with Crippen LogP contribution in [0.5, 0.6) is 0 Å². The molecule has 1 heterocycles. The molecule has 0 unspecified atom stereocenters. The number of rotatable bonds is 4. The lowest BCUT2D eigenvalue weighted by Crippen LogP contribution is -2.30. The Hall–Kier alpha value is -1.06. The molecule has 1 saturated heterocycles. The van der Waals surface area contributed by atoms with E-state index in [1.807, 2.05) is 25.1 Å². The molecule has 0 saturated carbocycles. The molecule has 4 heteroatoms. The summed E-state index contributed by atoms with van der Waals surface area (Å²) in [5.74, 6) is 0.780. The van der Waals surface area contributed by atoms with Crippen LogP contribution < -0.4 is 5.32 Å². The summed E-state index contributed by atoms with van der Waals surface area (Å²) in [6.45, 7) is 4.26. The molecule has 1 fully saturated rings. The van der Waals surface area contributed by atoms with Gasteiger partial charge >= 0.3 is 0 Å². The van der Waals surface area contributed by atoms with Crippen LogP contribution in [0, 0.1) is 12.8 Å². The van der Waals surface area contributed by atoms with Crippen molar-refractivity contribution in [2.45, 2.75) is 32.6 Å². The van der Waals surface area contributed by atoms with E-state index in [1.165, 1.54) is 12.8 Å². The predicted molar refractivity (Wildman–Crippen MR) is 84.3 cm³/mol. The molecule has 0 atom stereocenters. The SMILES string of the molecule is Cc1ccc(NC(=O)CCC2CCN(C)CC2)cc1Cl. The Balaban J connectivity index is 1.76. The lowest BCUT2D eigenvalue weighted by atomic mass is 9.92. The smallest absolute Gasteiger partial charge is 0.224 e. The fraction of sp³-hybridized carbons (Fsp3) is 0.562. The second kappa shape index (κ2) is 7.09. The predicted octanol–water partition coefficient (Wildman–Crippen LogP) is 3.71. The van der Waals surface area contributed by atoms with Crippen LogP contribution in [0.1, 0.15) is 31.2 Å². The van der Waals surface area contributed by atoms with Gasteiger partial charge in [0.05, 0.1) is 0 Å². The number of likely N-dealkylation sites (tertiary alicyclic amines) is 1. The van der Waals surface area contributed by atoms with Gasteiger partial charge in [-0.1, -0.05) is 17.7 Å². The van der Waals surface area contributed by atoms with Crippen molar-refractivity contribution < 1.29 is 4.79 Å². The van der Waals surface area contributed by atoms with Crippen molar-refractivity contribution in [3.05, 3.63) is 28.8 Å². The number of carbonyl (C=O) groups is 1. The summed E-state index contributed by atoms with van der Waals surface area (Å²) in [4.78, 5) is 14.3. The number of hydrogen-bond acceptors (Lipinski definition) is 2. The van der Waals surface area contributed by atoms with E-state index < -0.39 is 0 Å². The first-order valence-corrected chi connectivity index (χ1v) is 7.67. The molecule has 0 aliphatic carbocycles. The summed E-state index contributed by atoms with van der Waals surface area (Å²) in [5, 5.41) is 3.62. The number of hydrogen-bond donors (Lipinski definition) is 1. The minimum absolute atomic E-state index is 0.0869. The maximum atomic E-state index is 12.0. The van der Waals surface area contributed by atoms with Gasteiger partial charge in [-0.15, -0.1) is 0 Å². The maximum Gasteiger partial charge on any atom is 0.224 e. The number of aryl methyl sites for hydroxylation is 1. The van der Waals surface area contributed by atoms with Gasteiger partial charge in [0.15, 0.2) is 0 Å². The Morgan fingerprint density at radius 3 is 2.75 bits per heavy atom. The number of nitrogens with zero attached hydrogens (tertiary/aromatic N) is 1. The summed E-state index contributed by atoms with van der Waals surface area (Å²) in [5.41, 5.74) is 1.81. The summed E-state index contributed by atoms with van der Waals surface area (Å²) in [7, 11) is 2.16. The molecular weight excluding hydrogens is 272 g/mol. The second-order valence-electron chi connectivity index (χ2n) is 5.80. The van der Waals surface area contributed by atoms with E-state index in [2.05, 4.69) is 17.3 Å². The molecule has 2 rings (SSSR count). The summed E-state index contributed by atoms with van der Waals surface area (Å²) in [6, 6.07) is 5.63. The summed E-state index contributed by atoms with van der Waals surface area (Å²) in [6.07, 6.45) is 4.00. The fourth-order valence-electron chi connectivity index (χ4n) is 2.58. The van der Waals surface area contributed by atoms with Crippen molar-refractivity contribution in [2.24, 2.45) is 5.92 Å². The van der Waals surface area contributed by atoms with Gasteiger partial charge in [-0.3, -0.25) is 4.79 Å². The van der Waals surface area contributed by atoms with Crippen LogP contribution in [0.3, 0.4) is 0 Å². The molecule has 110 valence electrons. The van der Waals surface area contributed by atoms with E-state index in [9.17, 15) is 4.79 Å². The summed E-state index contributed by atoms with van der Waals surface area (Å²) < 4.78 is 0. The third-order valence-corrected chi connectivity index (χ3v) is 4.48. The van der Waals surface area contributed by atoms with Gasteiger partial charge in [0.2, 0.25) is 5.91 Å². The molecule has 1 aromatic carbocycles. The van der Waals surface area contributed by atoms with E-state index in [-0.39, 0.29) is 5.91 Å². The van der Waals surface area contributed by atoms with Crippen molar-refractivity contribution in [2.75, 3.05) is 25.5 Å². The normalized spacial score (nSPS) is 17.1. The number of piperidine rings is 1. The minimum Gasteiger partial charge on any atom is -0.326 e. The number of carbonyl (C=O) groups excluding carboxylic acids is 1. The highest BCUT2D eigenvalue weighted by molar-refractivity contribution is 6.31. The first-order chi connectivity index (χ1) is 9.54. The number of nitrogens with one attached hydrogen (secondary N) is 1. The van der Waals surface area contributed by atoms with Gasteiger partial charge in [-0.05, 0) is 69.9 Å². The van der Waals surface area contributed by atoms with Gasteiger partial charge in [-0.2, -0.15) is 0 Å². The first-order valence-electron chi connectivity index (χ1n) is 7.29. The van der Waals surface area contributed by atoms with Crippen molar-refractivity contribution in [3.8, 4) is 0 Å². The van der Waals surface area contributed by atoms with Gasteiger partial charge in [0, 0.05) is 17.1 Å². The van der Waals surface area contributed by atoms with Crippen molar-refractivity contribution in [1.29, 1.82) is 0 Å². The number of anilines is 1. The number of amides is 1. The average Bonchev–Trinajstić information content (AvgIpc) is 2.42. The number of benzene rings is 1. The molecule has 0 spiro atoms. The van der Waals surface area contributed by atoms with Gasteiger partial charge in [0.25, 0.3) is 0 Å². The topological polar surface area (TPSA) is 32.3 Å². The van der Waals surface area contributed by atoms with E-state index in [0.29, 0.717) is 17.4 Å². The molecule has 3 nitrogen and oxygen atoms in total. The standard InChI is InChI=1S/C16H23ClN2O/c1-12-3-5-14(11-15(12)17)18-16(20)6-4-13-7-9-19(2)10-8-13/h3,5,11,13H,4,6-10H2,1-2H3,(H,18,20). The summed E-state index contributed by atoms with van der Waals surface area (Å²) >= 11 is 6.05. The van der Waals surface area contributed by atoms with Crippen LogP contribution in [0.4, 0.5) is 5.69 Å². The van der Waals surface area contributed by atoms with Crippen LogP contribution in [-0.2, 0) is 4.79 Å². The molecule has 1 aliphatic heterocycles. The average molecular weight is 295 g/mol. The molecule has 0 radical (unpaired) electrons. The van der Waals surface area contributed by atoms with Gasteiger partial charge in [0.1, 0.15) is 0 Å². The molecular formula is C16H23ClN2O. The van der Waals surface area contributed by atoms with E-state index in [4.69, 9.17) is 11.6 Å². The van der Waals surface area contributed by atoms with Crippen LogP contribution in [0.2, 0.25) is 5.02 Å². The maximum absolute atomic E-state index is 12.0. The quantitative estimate of drug-likeness (QED) is 0.918. The monoisotopic (exact) mass is 294 g/mol. The third kappa shape index (κ3) is 4.50. The molecule has 0 aromatic heterocycles. The largest absolute Gasteiger partial charge is 0.326 e. The van der Waals surface area contributed by atoms with Gasteiger partial charge in [-0.25, -0.2) is 0 Å². The zero-order chi connectivity index (χ0) is 14.5. The van der Waals surface area contributed by atoms with Crippen molar-refractivity contribution >= 4 is 23.2 Å². The molecule has 1 amide bonds. The van der Waals surface area contributed by atoms with E-state index in [1.54, 1.807) is 0 Å². The van der Waals surface area contributed by atoms with Crippen LogP contribution in [-0.4, -0.2) is 30.9 Å². The first kappa shape index (κ1) is 15.3. The Labute approximate surface area is 126 Å². The van der Waals surface area contributed by atoms with Crippen LogP contribution in [0.15, 0.2) is 18.2 Å². The highest BCUT2D eigenvalue weighted by Gasteiger charge is 2.17. The lowest BCUT2D eigenvalue weighted by Gasteiger charge is -2.28. The molecule has 1 aromatic rings. The Morgan fingerprint density at radius 1 is 1.40 bits per heavy atom. The zero-order valence-corrected chi connectivity index (χ0v) is 13.0. The highest BCUT2D eigenvalue weighted by atomic mass is 35.5. The Bertz CT molecular complexity index is 468. The van der Waals surface area contributed by atoms with E-state index >= 15 is 0 Å². The van der Waals surface area contributed by atoms with Crippen molar-refractivity contribution in [3.63, 3.8) is 0 Å². The van der Waals surface area contributed by atoms with E-state index in [0.717, 1.165) is 30.8 Å². The fourth-order valence-corrected chi connectivity index (χ4v) is 2.76. The second-order valence-corrected chi connectivity index (χ2v) is 6.20. The Morgan fingerprint density at radius 2 is 2.10 bits per heavy atom. The zero-order valence-electron chi connectivity index (χ0n) is 12.3. The number of halogens is 1. The molecule has 0 bridgehead atoms. The molecule has 1 N–H and O–H groups in total. The third-order valence-electron chi connectivity index (χ3n) is 4.07. The van der Waals surface area contributed by atoms with Crippen LogP contribution in [0.25, 0.3) is 0 Å². The van der Waals surface area contributed by atoms with Crippen molar-refractivity contribution in [1.82, 2.24) is 4.90 Å². The minimum atomic E-state index is 0.0869. The lowest BCUT2D eigenvalue weighted by molar-refractivity contribution is -0.116.